The molecule has 1 heteroatoms. The number of benzene rings is 1. The minimum Gasteiger partial charge on any atom is -0.252 e. The molecule has 0 unspecified atom stereocenters. The highest BCUT2D eigenvalue weighted by Gasteiger charge is 2.23. The third kappa shape index (κ3) is 3.29. The minimum atomic E-state index is 0.175. The largest absolute Gasteiger partial charge is 0.252 e. The van der Waals surface area contributed by atoms with Gasteiger partial charge in [0.25, 0.3) is 0 Å². The summed E-state index contributed by atoms with van der Waals surface area (Å²) in [6, 6.07) is 8.51. The SMILES string of the molecule is CC.Cc1ccc(C2=CC(C(C)(C)C)=N2)cc1. The molecule has 0 fully saturated rings. The number of hydrogen-bond donors (Lipinski definition) is 0. The first-order chi connectivity index (χ1) is 7.97. The Hall–Kier alpha value is -1.37. The zero-order valence-corrected chi connectivity index (χ0v) is 11.8. The maximum absolute atomic E-state index is 4.57. The van der Waals surface area contributed by atoms with Gasteiger partial charge >= 0.3 is 0 Å². The minimum absolute atomic E-state index is 0.175. The molecule has 92 valence electrons. The monoisotopic (exact) mass is 229 g/mol. The Balaban J connectivity index is 0.000000686. The van der Waals surface area contributed by atoms with E-state index in [1.807, 2.05) is 13.8 Å². The Morgan fingerprint density at radius 2 is 1.41 bits per heavy atom. The second-order valence-electron chi connectivity index (χ2n) is 5.14. The van der Waals surface area contributed by atoms with E-state index in [9.17, 15) is 0 Å². The summed E-state index contributed by atoms with van der Waals surface area (Å²) in [7, 11) is 0. The van der Waals surface area contributed by atoms with Crippen molar-refractivity contribution in [1.82, 2.24) is 0 Å². The van der Waals surface area contributed by atoms with Crippen LogP contribution in [0.5, 0.6) is 0 Å². The zero-order chi connectivity index (χ0) is 13.1. The summed E-state index contributed by atoms with van der Waals surface area (Å²) < 4.78 is 0. The second kappa shape index (κ2) is 5.31. The lowest BCUT2D eigenvalue weighted by molar-refractivity contribution is 0.592. The van der Waals surface area contributed by atoms with E-state index in [2.05, 4.69) is 63.0 Å². The number of nitrogens with zero attached hydrogens (tertiary/aromatic N) is 1. The maximum atomic E-state index is 4.57. The van der Waals surface area contributed by atoms with Crippen molar-refractivity contribution in [1.29, 1.82) is 0 Å². The first-order valence-corrected chi connectivity index (χ1v) is 6.35. The van der Waals surface area contributed by atoms with Crippen LogP contribution in [-0.4, -0.2) is 5.71 Å². The van der Waals surface area contributed by atoms with E-state index in [0.717, 1.165) is 5.70 Å². The number of aliphatic imine (C=N–C) groups is 1. The van der Waals surface area contributed by atoms with Crippen molar-refractivity contribution in [2.45, 2.75) is 41.5 Å². The van der Waals surface area contributed by atoms with Gasteiger partial charge in [-0.1, -0.05) is 64.4 Å². The highest BCUT2D eigenvalue weighted by Crippen LogP contribution is 2.30. The van der Waals surface area contributed by atoms with Gasteiger partial charge in [-0.3, -0.25) is 4.99 Å². The predicted molar refractivity (Wildman–Crippen MR) is 77.4 cm³/mol. The molecule has 1 aliphatic heterocycles. The van der Waals surface area contributed by atoms with Crippen LogP contribution in [0.15, 0.2) is 35.3 Å². The zero-order valence-electron chi connectivity index (χ0n) is 11.8. The molecule has 2 rings (SSSR count). The molecule has 0 aliphatic carbocycles. The molecule has 1 nitrogen and oxygen atoms in total. The average molecular weight is 229 g/mol. The van der Waals surface area contributed by atoms with Gasteiger partial charge in [0, 0.05) is 16.7 Å². The maximum Gasteiger partial charge on any atom is 0.0723 e. The van der Waals surface area contributed by atoms with E-state index < -0.39 is 0 Å². The molecule has 1 aliphatic rings. The van der Waals surface area contributed by atoms with Crippen molar-refractivity contribution in [3.63, 3.8) is 0 Å². The lowest BCUT2D eigenvalue weighted by atomic mass is 9.86. The normalized spacial score (nSPS) is 14.0. The molecule has 1 heterocycles. The first kappa shape index (κ1) is 13.7. The van der Waals surface area contributed by atoms with E-state index in [-0.39, 0.29) is 5.41 Å². The van der Waals surface area contributed by atoms with Crippen molar-refractivity contribution in [2.24, 2.45) is 10.4 Å². The molecule has 0 saturated heterocycles. The summed E-state index contributed by atoms with van der Waals surface area (Å²) in [5.41, 5.74) is 4.99. The standard InChI is InChI=1S/C14H17N.C2H6/c1-10-5-7-11(8-6-10)12-9-13(15-12)14(2,3)4;1-2/h5-9H,1-4H3;1-2H3. The molecule has 0 saturated carbocycles. The summed E-state index contributed by atoms with van der Waals surface area (Å²) in [6.45, 7) is 12.7. The fraction of sp³-hybridized carbons (Fsp3) is 0.438. The molecule has 0 radical (unpaired) electrons. The van der Waals surface area contributed by atoms with Gasteiger partial charge in [0.1, 0.15) is 0 Å². The Kier molecular flexibility index (Phi) is 4.28. The Labute approximate surface area is 105 Å². The van der Waals surface area contributed by atoms with Gasteiger partial charge in [-0.25, -0.2) is 0 Å². The van der Waals surface area contributed by atoms with Crippen LogP contribution in [0.2, 0.25) is 0 Å². The van der Waals surface area contributed by atoms with Gasteiger partial charge in [-0.05, 0) is 13.0 Å². The Morgan fingerprint density at radius 1 is 0.941 bits per heavy atom. The molecule has 0 amide bonds. The van der Waals surface area contributed by atoms with Crippen molar-refractivity contribution in [3.05, 3.63) is 41.5 Å². The highest BCUT2D eigenvalue weighted by atomic mass is 14.8. The Bertz CT molecular complexity index is 428. The fourth-order valence-corrected chi connectivity index (χ4v) is 1.51. The lowest BCUT2D eigenvalue weighted by Gasteiger charge is -2.25. The van der Waals surface area contributed by atoms with Crippen LogP contribution in [0.3, 0.4) is 0 Å². The van der Waals surface area contributed by atoms with Crippen molar-refractivity contribution in [3.8, 4) is 0 Å². The summed E-state index contributed by atoms with van der Waals surface area (Å²) in [5.74, 6) is 0. The van der Waals surface area contributed by atoms with Crippen molar-refractivity contribution in [2.75, 3.05) is 0 Å². The third-order valence-corrected chi connectivity index (χ3v) is 2.63. The van der Waals surface area contributed by atoms with E-state index in [1.165, 1.54) is 16.8 Å². The summed E-state index contributed by atoms with van der Waals surface area (Å²) in [4.78, 5) is 4.57. The van der Waals surface area contributed by atoms with E-state index in [0.29, 0.717) is 0 Å². The van der Waals surface area contributed by atoms with Crippen molar-refractivity contribution < 1.29 is 0 Å². The summed E-state index contributed by atoms with van der Waals surface area (Å²) in [5, 5.41) is 0. The molecule has 0 bridgehead atoms. The van der Waals surface area contributed by atoms with Crippen LogP contribution >= 0.6 is 0 Å². The number of aryl methyl sites for hydroxylation is 1. The highest BCUT2D eigenvalue weighted by molar-refractivity contribution is 6.12. The smallest absolute Gasteiger partial charge is 0.0723 e. The fourth-order valence-electron chi connectivity index (χ4n) is 1.51. The lowest BCUT2D eigenvalue weighted by Crippen LogP contribution is -2.22. The van der Waals surface area contributed by atoms with E-state index in [1.54, 1.807) is 0 Å². The van der Waals surface area contributed by atoms with Gasteiger partial charge in [-0.15, -0.1) is 0 Å². The molecule has 0 atom stereocenters. The van der Waals surface area contributed by atoms with Crippen LogP contribution in [0, 0.1) is 12.3 Å². The van der Waals surface area contributed by atoms with Crippen LogP contribution in [0.25, 0.3) is 5.70 Å². The van der Waals surface area contributed by atoms with Gasteiger partial charge in [0.2, 0.25) is 0 Å². The second-order valence-corrected chi connectivity index (χ2v) is 5.14. The quantitative estimate of drug-likeness (QED) is 0.652. The van der Waals surface area contributed by atoms with Crippen LogP contribution in [0.1, 0.15) is 45.7 Å². The van der Waals surface area contributed by atoms with E-state index in [4.69, 9.17) is 0 Å². The third-order valence-electron chi connectivity index (χ3n) is 2.63. The molecule has 0 aromatic heterocycles. The molecule has 0 N–H and O–H groups in total. The van der Waals surface area contributed by atoms with Gasteiger partial charge in [-0.2, -0.15) is 0 Å². The van der Waals surface area contributed by atoms with Gasteiger partial charge < -0.3 is 0 Å². The molecule has 1 aromatic carbocycles. The molecule has 17 heavy (non-hydrogen) atoms. The van der Waals surface area contributed by atoms with Crippen LogP contribution < -0.4 is 0 Å². The van der Waals surface area contributed by atoms with E-state index >= 15 is 0 Å². The summed E-state index contributed by atoms with van der Waals surface area (Å²) >= 11 is 0. The molecule has 1 aromatic rings. The average Bonchev–Trinajstić information content (AvgIpc) is 2.20. The number of rotatable bonds is 1. The first-order valence-electron chi connectivity index (χ1n) is 6.35. The van der Waals surface area contributed by atoms with Crippen LogP contribution in [-0.2, 0) is 0 Å². The Morgan fingerprint density at radius 3 is 1.82 bits per heavy atom. The van der Waals surface area contributed by atoms with Crippen LogP contribution in [0.4, 0.5) is 0 Å². The molecular weight excluding hydrogens is 206 g/mol. The predicted octanol–water partition coefficient (Wildman–Crippen LogP) is 4.86. The summed E-state index contributed by atoms with van der Waals surface area (Å²) in [6.07, 6.45) is 2.19. The molecular formula is C16H23N. The molecule has 0 spiro atoms. The number of allylic oxidation sites excluding steroid dienone is 1. The van der Waals surface area contributed by atoms with Gasteiger partial charge in [0.05, 0.1) is 5.70 Å². The van der Waals surface area contributed by atoms with Crippen molar-refractivity contribution >= 4 is 11.4 Å². The van der Waals surface area contributed by atoms with Gasteiger partial charge in [0.15, 0.2) is 0 Å². The number of hydrogen-bond acceptors (Lipinski definition) is 1. The topological polar surface area (TPSA) is 12.4 Å².